The van der Waals surface area contributed by atoms with Crippen molar-refractivity contribution >= 4 is 27.7 Å². The van der Waals surface area contributed by atoms with Crippen LogP contribution in [0.3, 0.4) is 0 Å². The molecule has 8 nitrogen and oxygen atoms in total. The van der Waals surface area contributed by atoms with Crippen molar-refractivity contribution in [1.82, 2.24) is 14.7 Å². The highest BCUT2D eigenvalue weighted by molar-refractivity contribution is 7.89. The first-order chi connectivity index (χ1) is 13.1. The normalized spacial score (nSPS) is 15.3. The van der Waals surface area contributed by atoms with E-state index in [1.807, 2.05) is 4.72 Å². The predicted octanol–water partition coefficient (Wildman–Crippen LogP) is 1.63. The molecule has 1 saturated heterocycles. The van der Waals surface area contributed by atoms with Crippen molar-refractivity contribution in [2.75, 3.05) is 4.90 Å². The summed E-state index contributed by atoms with van der Waals surface area (Å²) < 4.78 is 65.6. The maximum Gasteiger partial charge on any atom is 0.418 e. The Morgan fingerprint density at radius 1 is 1.07 bits per heavy atom. The van der Waals surface area contributed by atoms with Crippen LogP contribution in [0.25, 0.3) is 0 Å². The molecule has 2 aromatic heterocycles. The van der Waals surface area contributed by atoms with Gasteiger partial charge in [-0.1, -0.05) is 0 Å². The van der Waals surface area contributed by atoms with E-state index in [1.54, 1.807) is 0 Å². The third-order valence-electron chi connectivity index (χ3n) is 3.94. The molecule has 0 atom stereocenters. The second-order valence-corrected chi connectivity index (χ2v) is 7.56. The molecule has 2 amide bonds. The average molecular weight is 414 g/mol. The molecule has 1 N–H and O–H groups in total. The molecule has 12 heteroatoms. The van der Waals surface area contributed by atoms with Gasteiger partial charge in [-0.3, -0.25) is 14.6 Å². The fourth-order valence-corrected chi connectivity index (χ4v) is 3.51. The van der Waals surface area contributed by atoms with Gasteiger partial charge in [0.1, 0.15) is 10.7 Å². The molecule has 0 radical (unpaired) electrons. The van der Waals surface area contributed by atoms with E-state index in [-0.39, 0.29) is 23.6 Å². The number of hydrogen-bond acceptors (Lipinski definition) is 6. The van der Waals surface area contributed by atoms with Gasteiger partial charge in [-0.2, -0.15) is 13.2 Å². The molecule has 3 heterocycles. The number of hydrogen-bond donors (Lipinski definition) is 1. The quantitative estimate of drug-likeness (QED) is 0.745. The minimum Gasteiger partial charge on any atom is -0.274 e. The maximum absolute atomic E-state index is 13.0. The Bertz CT molecular complexity index is 1010. The van der Waals surface area contributed by atoms with Gasteiger partial charge >= 0.3 is 6.18 Å². The van der Waals surface area contributed by atoms with E-state index >= 15 is 0 Å². The molecule has 0 spiro atoms. The standard InChI is InChI=1S/C16H13F3N4O4S/c17-16(18,19)11-2-1-7-20-12(11)9-22-28(26,27)10-3-4-13(21-8-10)23-14(24)5-6-15(23)25/h1-4,7-8,22H,5-6,9H2. The van der Waals surface area contributed by atoms with Crippen molar-refractivity contribution in [2.45, 2.75) is 30.5 Å². The highest BCUT2D eigenvalue weighted by Crippen LogP contribution is 2.31. The van der Waals surface area contributed by atoms with Gasteiger partial charge in [-0.15, -0.1) is 0 Å². The molecule has 1 aliphatic rings. The van der Waals surface area contributed by atoms with Gasteiger partial charge in [0.05, 0.1) is 17.8 Å². The average Bonchev–Trinajstić information content (AvgIpc) is 2.98. The Labute approximate surface area is 157 Å². The lowest BCUT2D eigenvalue weighted by molar-refractivity contribution is -0.138. The number of halogens is 3. The Morgan fingerprint density at radius 2 is 1.75 bits per heavy atom. The van der Waals surface area contributed by atoms with Gasteiger partial charge in [-0.05, 0) is 24.3 Å². The second-order valence-electron chi connectivity index (χ2n) is 5.79. The summed E-state index contributed by atoms with van der Waals surface area (Å²) in [7, 11) is -4.20. The first kappa shape index (κ1) is 19.9. The van der Waals surface area contributed by atoms with Crippen LogP contribution < -0.4 is 9.62 Å². The molecule has 2 aromatic rings. The number of amides is 2. The van der Waals surface area contributed by atoms with Crippen molar-refractivity contribution < 1.29 is 31.2 Å². The van der Waals surface area contributed by atoms with Crippen molar-refractivity contribution in [3.63, 3.8) is 0 Å². The largest absolute Gasteiger partial charge is 0.418 e. The third kappa shape index (κ3) is 4.02. The summed E-state index contributed by atoms with van der Waals surface area (Å²) in [4.78, 5) is 31.3. The van der Waals surface area contributed by atoms with E-state index in [0.717, 1.165) is 35.5 Å². The fraction of sp³-hybridized carbons (Fsp3) is 0.250. The third-order valence-corrected chi connectivity index (χ3v) is 5.32. The van der Waals surface area contributed by atoms with Crippen LogP contribution in [0.5, 0.6) is 0 Å². The first-order valence-electron chi connectivity index (χ1n) is 7.92. The maximum atomic E-state index is 13.0. The van der Waals surface area contributed by atoms with Crippen molar-refractivity contribution in [3.05, 3.63) is 47.9 Å². The molecule has 28 heavy (non-hydrogen) atoms. The molecule has 0 bridgehead atoms. The molecule has 0 aromatic carbocycles. The molecule has 1 aliphatic heterocycles. The number of pyridine rings is 2. The molecular formula is C16H13F3N4O4S. The molecule has 0 unspecified atom stereocenters. The fourth-order valence-electron chi connectivity index (χ4n) is 2.58. The Morgan fingerprint density at radius 3 is 2.32 bits per heavy atom. The Kier molecular flexibility index (Phi) is 5.17. The summed E-state index contributed by atoms with van der Waals surface area (Å²) in [6.45, 7) is -0.678. The monoisotopic (exact) mass is 414 g/mol. The number of nitrogens with one attached hydrogen (secondary N) is 1. The number of alkyl halides is 3. The lowest BCUT2D eigenvalue weighted by atomic mass is 10.2. The summed E-state index contributed by atoms with van der Waals surface area (Å²) in [5.41, 5.74) is -1.52. The summed E-state index contributed by atoms with van der Waals surface area (Å²) in [5.74, 6) is -0.905. The van der Waals surface area contributed by atoms with E-state index in [4.69, 9.17) is 0 Å². The number of carbonyl (C=O) groups is 2. The van der Waals surface area contributed by atoms with Crippen LogP contribution in [-0.4, -0.2) is 30.2 Å². The number of aromatic nitrogens is 2. The Hall–Kier alpha value is -2.86. The molecule has 0 aliphatic carbocycles. The molecule has 3 rings (SSSR count). The second kappa shape index (κ2) is 7.28. The minimum absolute atomic E-state index is 0.0180. The molecular weight excluding hydrogens is 401 g/mol. The highest BCUT2D eigenvalue weighted by atomic mass is 32.2. The van der Waals surface area contributed by atoms with Gasteiger partial charge in [0.25, 0.3) is 0 Å². The summed E-state index contributed by atoms with van der Waals surface area (Å²) in [6.07, 6.45) is -2.53. The smallest absolute Gasteiger partial charge is 0.274 e. The van der Waals surface area contributed by atoms with Crippen LogP contribution >= 0.6 is 0 Å². The van der Waals surface area contributed by atoms with Gasteiger partial charge in [0, 0.05) is 25.2 Å². The van der Waals surface area contributed by atoms with Crippen molar-refractivity contribution in [3.8, 4) is 0 Å². The number of sulfonamides is 1. The number of anilines is 1. The molecule has 148 valence electrons. The Balaban J connectivity index is 1.77. The summed E-state index contributed by atoms with van der Waals surface area (Å²) in [6, 6.07) is 4.19. The zero-order valence-corrected chi connectivity index (χ0v) is 14.9. The highest BCUT2D eigenvalue weighted by Gasteiger charge is 2.34. The van der Waals surface area contributed by atoms with Crippen LogP contribution in [0.4, 0.5) is 19.0 Å². The van der Waals surface area contributed by atoms with Gasteiger partial charge in [0.2, 0.25) is 21.8 Å². The number of nitrogens with zero attached hydrogens (tertiary/aromatic N) is 3. The van der Waals surface area contributed by atoms with Gasteiger partial charge < -0.3 is 0 Å². The van der Waals surface area contributed by atoms with E-state index in [9.17, 15) is 31.2 Å². The van der Waals surface area contributed by atoms with Crippen LogP contribution in [-0.2, 0) is 32.3 Å². The van der Waals surface area contributed by atoms with Gasteiger partial charge in [0.15, 0.2) is 0 Å². The minimum atomic E-state index is -4.67. The zero-order chi connectivity index (χ0) is 20.5. The lowest BCUT2D eigenvalue weighted by Crippen LogP contribution is -2.30. The van der Waals surface area contributed by atoms with Crippen molar-refractivity contribution in [2.24, 2.45) is 0 Å². The summed E-state index contributed by atoms with van der Waals surface area (Å²) in [5, 5.41) is 0. The van der Waals surface area contributed by atoms with Crippen LogP contribution in [0.15, 0.2) is 41.6 Å². The lowest BCUT2D eigenvalue weighted by Gasteiger charge is -2.14. The van der Waals surface area contributed by atoms with E-state index < -0.39 is 45.8 Å². The van der Waals surface area contributed by atoms with Gasteiger partial charge in [-0.25, -0.2) is 23.0 Å². The van der Waals surface area contributed by atoms with E-state index in [1.165, 1.54) is 6.07 Å². The number of carbonyl (C=O) groups excluding carboxylic acids is 2. The van der Waals surface area contributed by atoms with Crippen LogP contribution in [0, 0.1) is 0 Å². The van der Waals surface area contributed by atoms with Crippen LogP contribution in [0.1, 0.15) is 24.1 Å². The number of rotatable bonds is 5. The molecule has 0 saturated carbocycles. The first-order valence-corrected chi connectivity index (χ1v) is 9.40. The topological polar surface area (TPSA) is 109 Å². The predicted molar refractivity (Wildman–Crippen MR) is 89.2 cm³/mol. The zero-order valence-electron chi connectivity index (χ0n) is 14.1. The molecule has 1 fully saturated rings. The van der Waals surface area contributed by atoms with E-state index in [0.29, 0.717) is 0 Å². The van der Waals surface area contributed by atoms with E-state index in [2.05, 4.69) is 9.97 Å². The SMILES string of the molecule is O=C1CCC(=O)N1c1ccc(S(=O)(=O)NCc2ncccc2C(F)(F)F)cn1. The van der Waals surface area contributed by atoms with Crippen molar-refractivity contribution in [1.29, 1.82) is 0 Å². The van der Waals surface area contributed by atoms with Crippen LogP contribution in [0.2, 0.25) is 0 Å². The summed E-state index contributed by atoms with van der Waals surface area (Å²) >= 11 is 0. The number of imide groups is 1.